The predicted molar refractivity (Wildman–Crippen MR) is 132 cm³/mol. The number of nitrogens with zero attached hydrogens (tertiary/aromatic N) is 4. The van der Waals surface area contributed by atoms with Gasteiger partial charge < -0.3 is 4.90 Å². The van der Waals surface area contributed by atoms with Gasteiger partial charge in [0.2, 0.25) is 5.91 Å². The second kappa shape index (κ2) is 10.1. The SMILES string of the molecule is O=C(Cc1csc(-c2ccncc2)n1)N1CCN(C(c2ccccc2)c2ccccc2)CC1. The minimum absolute atomic E-state index is 0.150. The van der Waals surface area contributed by atoms with Crippen LogP contribution in [0, 0.1) is 0 Å². The number of hydrogen-bond acceptors (Lipinski definition) is 5. The third kappa shape index (κ3) is 5.02. The summed E-state index contributed by atoms with van der Waals surface area (Å²) in [5, 5.41) is 2.92. The molecule has 5 rings (SSSR count). The van der Waals surface area contributed by atoms with Crippen molar-refractivity contribution in [1.29, 1.82) is 0 Å². The second-order valence-electron chi connectivity index (χ2n) is 8.20. The van der Waals surface area contributed by atoms with Crippen molar-refractivity contribution < 1.29 is 4.79 Å². The molecule has 2 aromatic carbocycles. The molecule has 2 aromatic heterocycles. The average molecular weight is 455 g/mol. The molecule has 0 atom stereocenters. The lowest BCUT2D eigenvalue weighted by Crippen LogP contribution is -2.50. The summed E-state index contributed by atoms with van der Waals surface area (Å²) in [6, 6.07) is 25.4. The van der Waals surface area contributed by atoms with E-state index in [9.17, 15) is 4.79 Å². The molecule has 3 heterocycles. The molecule has 1 saturated heterocycles. The molecular formula is C27H26N4OS. The van der Waals surface area contributed by atoms with Crippen LogP contribution in [0.15, 0.2) is 90.6 Å². The van der Waals surface area contributed by atoms with E-state index in [1.54, 1.807) is 23.7 Å². The maximum atomic E-state index is 13.0. The molecule has 0 spiro atoms. The van der Waals surface area contributed by atoms with Gasteiger partial charge >= 0.3 is 0 Å². The Morgan fingerprint density at radius 3 is 2.06 bits per heavy atom. The summed E-state index contributed by atoms with van der Waals surface area (Å²) in [5.41, 5.74) is 4.45. The van der Waals surface area contributed by atoms with Crippen molar-refractivity contribution >= 4 is 17.2 Å². The second-order valence-corrected chi connectivity index (χ2v) is 9.06. The van der Waals surface area contributed by atoms with Crippen molar-refractivity contribution in [3.63, 3.8) is 0 Å². The van der Waals surface area contributed by atoms with E-state index in [4.69, 9.17) is 0 Å². The monoisotopic (exact) mass is 454 g/mol. The molecule has 0 radical (unpaired) electrons. The van der Waals surface area contributed by atoms with Gasteiger partial charge in [-0.2, -0.15) is 0 Å². The topological polar surface area (TPSA) is 49.3 Å². The van der Waals surface area contributed by atoms with E-state index >= 15 is 0 Å². The van der Waals surface area contributed by atoms with Crippen molar-refractivity contribution in [2.75, 3.05) is 26.2 Å². The fourth-order valence-corrected chi connectivity index (χ4v) is 5.22. The lowest BCUT2D eigenvalue weighted by atomic mass is 9.96. The molecule has 4 aromatic rings. The summed E-state index contributed by atoms with van der Waals surface area (Å²) in [5.74, 6) is 0.150. The molecule has 0 aliphatic carbocycles. The molecule has 6 heteroatoms. The Kier molecular flexibility index (Phi) is 6.56. The number of rotatable bonds is 6. The Morgan fingerprint density at radius 1 is 0.848 bits per heavy atom. The van der Waals surface area contributed by atoms with Gasteiger partial charge in [0.25, 0.3) is 0 Å². The number of carbonyl (C=O) groups excluding carboxylic acids is 1. The highest BCUT2D eigenvalue weighted by atomic mass is 32.1. The molecule has 1 amide bonds. The van der Waals surface area contributed by atoms with Crippen molar-refractivity contribution in [3.05, 3.63) is 107 Å². The zero-order valence-corrected chi connectivity index (χ0v) is 19.2. The summed E-state index contributed by atoms with van der Waals surface area (Å²) in [7, 11) is 0. The number of amides is 1. The molecule has 1 aliphatic heterocycles. The van der Waals surface area contributed by atoms with E-state index in [2.05, 4.69) is 75.5 Å². The molecule has 1 aliphatic rings. The highest BCUT2D eigenvalue weighted by molar-refractivity contribution is 7.13. The first-order valence-electron chi connectivity index (χ1n) is 11.2. The van der Waals surface area contributed by atoms with Crippen LogP contribution < -0.4 is 0 Å². The highest BCUT2D eigenvalue weighted by Gasteiger charge is 2.28. The number of hydrogen-bond donors (Lipinski definition) is 0. The lowest BCUT2D eigenvalue weighted by Gasteiger charge is -2.39. The maximum Gasteiger partial charge on any atom is 0.228 e. The van der Waals surface area contributed by atoms with Gasteiger partial charge in [-0.1, -0.05) is 60.7 Å². The van der Waals surface area contributed by atoms with Crippen molar-refractivity contribution in [3.8, 4) is 10.6 Å². The number of thiazole rings is 1. The summed E-state index contributed by atoms with van der Waals surface area (Å²) in [6.45, 7) is 3.16. The Bertz CT molecular complexity index is 1130. The largest absolute Gasteiger partial charge is 0.340 e. The molecular weight excluding hydrogens is 428 g/mol. The first-order valence-corrected chi connectivity index (χ1v) is 12.1. The number of benzene rings is 2. The van der Waals surface area contributed by atoms with Crippen LogP contribution in [0.2, 0.25) is 0 Å². The van der Waals surface area contributed by atoms with Gasteiger partial charge in [0, 0.05) is 49.5 Å². The van der Waals surface area contributed by atoms with Gasteiger partial charge in [0.15, 0.2) is 0 Å². The van der Waals surface area contributed by atoms with Crippen molar-refractivity contribution in [1.82, 2.24) is 19.8 Å². The summed E-state index contributed by atoms with van der Waals surface area (Å²) >= 11 is 1.57. The maximum absolute atomic E-state index is 13.0. The molecule has 1 fully saturated rings. The molecule has 0 N–H and O–H groups in total. The Hall–Kier alpha value is -3.35. The number of piperazine rings is 1. The fourth-order valence-electron chi connectivity index (χ4n) is 4.40. The number of carbonyl (C=O) groups is 1. The van der Waals surface area contributed by atoms with Crippen LogP contribution in [0.4, 0.5) is 0 Å². The lowest BCUT2D eigenvalue weighted by molar-refractivity contribution is -0.132. The van der Waals surface area contributed by atoms with E-state index < -0.39 is 0 Å². The quantitative estimate of drug-likeness (QED) is 0.424. The highest BCUT2D eigenvalue weighted by Crippen LogP contribution is 2.29. The minimum Gasteiger partial charge on any atom is -0.340 e. The summed E-state index contributed by atoms with van der Waals surface area (Å²) in [4.78, 5) is 26.2. The van der Waals surface area contributed by atoms with Gasteiger partial charge in [0.05, 0.1) is 18.2 Å². The van der Waals surface area contributed by atoms with Crippen LogP contribution in [0.1, 0.15) is 22.9 Å². The fraction of sp³-hybridized carbons (Fsp3) is 0.222. The van der Waals surface area contributed by atoms with Gasteiger partial charge in [-0.25, -0.2) is 4.98 Å². The predicted octanol–water partition coefficient (Wildman–Crippen LogP) is 4.68. The van der Waals surface area contributed by atoms with Crippen LogP contribution in [0.5, 0.6) is 0 Å². The molecule has 5 nitrogen and oxygen atoms in total. The van der Waals surface area contributed by atoms with Gasteiger partial charge in [-0.05, 0) is 23.3 Å². The third-order valence-electron chi connectivity index (χ3n) is 6.07. The third-order valence-corrected chi connectivity index (χ3v) is 7.01. The van der Waals surface area contributed by atoms with E-state index in [1.807, 2.05) is 22.4 Å². The Balaban J connectivity index is 1.24. The van der Waals surface area contributed by atoms with Gasteiger partial charge in [-0.15, -0.1) is 11.3 Å². The van der Waals surface area contributed by atoms with Crippen LogP contribution in [0.3, 0.4) is 0 Å². The van der Waals surface area contributed by atoms with Gasteiger partial charge in [0.1, 0.15) is 5.01 Å². The molecule has 166 valence electrons. The molecule has 0 unspecified atom stereocenters. The zero-order chi connectivity index (χ0) is 22.5. The van der Waals surface area contributed by atoms with Gasteiger partial charge in [-0.3, -0.25) is 14.7 Å². The standard InChI is InChI=1S/C27H26N4OS/c32-25(19-24-20-33-27(29-24)23-11-13-28-14-12-23)30-15-17-31(18-16-30)26(21-7-3-1-4-8-21)22-9-5-2-6-10-22/h1-14,20,26H,15-19H2. The number of aromatic nitrogens is 2. The average Bonchev–Trinajstić information content (AvgIpc) is 3.35. The van der Waals surface area contributed by atoms with E-state index in [0.717, 1.165) is 42.4 Å². The Morgan fingerprint density at radius 2 is 1.45 bits per heavy atom. The first-order chi connectivity index (χ1) is 16.3. The zero-order valence-electron chi connectivity index (χ0n) is 18.4. The van der Waals surface area contributed by atoms with Crippen molar-refractivity contribution in [2.45, 2.75) is 12.5 Å². The molecule has 0 saturated carbocycles. The molecule has 33 heavy (non-hydrogen) atoms. The van der Waals surface area contributed by atoms with Crippen molar-refractivity contribution in [2.24, 2.45) is 0 Å². The summed E-state index contributed by atoms with van der Waals surface area (Å²) < 4.78 is 0. The van der Waals surface area contributed by atoms with E-state index in [1.165, 1.54) is 11.1 Å². The van der Waals surface area contributed by atoms with E-state index in [0.29, 0.717) is 6.42 Å². The van der Waals surface area contributed by atoms with Crippen LogP contribution in [-0.4, -0.2) is 51.9 Å². The molecule has 0 bridgehead atoms. The normalized spacial score (nSPS) is 14.5. The minimum atomic E-state index is 0.150. The Labute approximate surface area is 198 Å². The van der Waals surface area contributed by atoms with Crippen LogP contribution in [-0.2, 0) is 11.2 Å². The smallest absolute Gasteiger partial charge is 0.228 e. The summed E-state index contributed by atoms with van der Waals surface area (Å²) in [6.07, 6.45) is 3.88. The van der Waals surface area contributed by atoms with Crippen LogP contribution >= 0.6 is 11.3 Å². The van der Waals surface area contributed by atoms with E-state index in [-0.39, 0.29) is 11.9 Å². The first kappa shape index (κ1) is 21.5. The van der Waals surface area contributed by atoms with Crippen LogP contribution in [0.25, 0.3) is 10.6 Å². The number of pyridine rings is 1.